The molecule has 0 saturated heterocycles. The molecule has 0 aromatic heterocycles. The van der Waals surface area contributed by atoms with E-state index in [0.29, 0.717) is 0 Å². The molecule has 0 spiro atoms. The molecule has 0 fully saturated rings. The number of rotatable bonds is 0. The van der Waals surface area contributed by atoms with Crippen molar-refractivity contribution in [2.45, 2.75) is 13.8 Å². The van der Waals surface area contributed by atoms with Crippen molar-refractivity contribution in [2.75, 3.05) is 0 Å². The van der Waals surface area contributed by atoms with Gasteiger partial charge in [0, 0.05) is 17.1 Å². The molecule has 5 heavy (non-hydrogen) atoms. The first-order chi connectivity index (χ1) is 1.41. The van der Waals surface area contributed by atoms with Gasteiger partial charge in [-0.05, 0) is 6.42 Å². The Bertz CT molecular complexity index is 6.85. The number of hydrogen-bond acceptors (Lipinski definition) is 0. The molecule has 34 valence electrons. The minimum atomic E-state index is 0. The van der Waals surface area contributed by atoms with E-state index in [-0.39, 0.29) is 29.5 Å². The zero-order chi connectivity index (χ0) is 2.71. The Morgan fingerprint density at radius 1 is 1.20 bits per heavy atom. The van der Waals surface area contributed by atoms with Crippen LogP contribution < -0.4 is 12.4 Å². The molecule has 0 bridgehead atoms. The molecule has 0 aliphatic heterocycles. The maximum absolute atomic E-state index is 2.00. The molecular formula is C3H7ClMn-. The fraction of sp³-hybridized carbons (Fsp3) is 0.667. The maximum atomic E-state index is 2.00. The molecule has 0 nitrogen and oxygen atoms in total. The minimum Gasteiger partial charge on any atom is -1.00 e. The average Bonchev–Trinajstić information content (AvgIpc) is 0.918. The van der Waals surface area contributed by atoms with Gasteiger partial charge in [0.25, 0.3) is 0 Å². The maximum Gasteiger partial charge on any atom is 0 e. The van der Waals surface area contributed by atoms with Gasteiger partial charge in [-0.2, -0.15) is 0 Å². The van der Waals surface area contributed by atoms with Crippen molar-refractivity contribution in [3.8, 4) is 0 Å². The first kappa shape index (κ1) is 17.0. The Balaban J connectivity index is -0.0000000200. The van der Waals surface area contributed by atoms with Gasteiger partial charge in [-0.25, -0.2) is 0 Å². The first-order valence-corrected chi connectivity index (χ1v) is 1.15. The molecule has 0 rings (SSSR count). The van der Waals surface area contributed by atoms with E-state index in [9.17, 15) is 0 Å². The van der Waals surface area contributed by atoms with Gasteiger partial charge in [0.05, 0.1) is 0 Å². The average molecular weight is 133 g/mol. The summed E-state index contributed by atoms with van der Waals surface area (Å²) < 4.78 is 0. The summed E-state index contributed by atoms with van der Waals surface area (Å²) in [7, 11) is 0. The summed E-state index contributed by atoms with van der Waals surface area (Å²) in [5.74, 6) is 0. The standard InChI is InChI=1S/C3H7.ClH.Mn/c1-3-2;;/h3H,1-2H3;1H;/p-1. The van der Waals surface area contributed by atoms with Crippen molar-refractivity contribution in [3.05, 3.63) is 6.42 Å². The zero-order valence-electron chi connectivity index (χ0n) is 3.33. The summed E-state index contributed by atoms with van der Waals surface area (Å²) in [6, 6.07) is 0. The third-order valence-electron chi connectivity index (χ3n) is 0. The van der Waals surface area contributed by atoms with Gasteiger partial charge in [-0.3, -0.25) is 0 Å². The van der Waals surface area contributed by atoms with Crippen molar-refractivity contribution in [3.63, 3.8) is 0 Å². The van der Waals surface area contributed by atoms with E-state index in [2.05, 4.69) is 0 Å². The molecule has 0 heterocycles. The number of halogens is 1. The smallest absolute Gasteiger partial charge is 0 e. The molecule has 0 unspecified atom stereocenters. The minimum absolute atomic E-state index is 0. The third kappa shape index (κ3) is 57.9. The van der Waals surface area contributed by atoms with Crippen LogP contribution in [0.25, 0.3) is 0 Å². The van der Waals surface area contributed by atoms with Crippen LogP contribution in [0.3, 0.4) is 0 Å². The van der Waals surface area contributed by atoms with Crippen molar-refractivity contribution in [1.29, 1.82) is 0 Å². The SMILES string of the molecule is C[CH]C.[Cl-].[Mn]. The second-order valence-electron chi connectivity index (χ2n) is 0.577. The van der Waals surface area contributed by atoms with Crippen LogP contribution in [-0.4, -0.2) is 0 Å². The fourth-order valence-corrected chi connectivity index (χ4v) is 0. The van der Waals surface area contributed by atoms with Crippen LogP contribution in [0.5, 0.6) is 0 Å². The second-order valence-corrected chi connectivity index (χ2v) is 0.577. The van der Waals surface area contributed by atoms with Gasteiger partial charge in [0.15, 0.2) is 0 Å². The Morgan fingerprint density at radius 2 is 1.20 bits per heavy atom. The predicted octanol–water partition coefficient (Wildman–Crippen LogP) is -1.77. The molecule has 2 heteroatoms. The molecule has 0 atom stereocenters. The van der Waals surface area contributed by atoms with Gasteiger partial charge >= 0.3 is 0 Å². The van der Waals surface area contributed by atoms with E-state index in [1.165, 1.54) is 0 Å². The quantitative estimate of drug-likeness (QED) is 0.343. The molecule has 0 amide bonds. The topological polar surface area (TPSA) is 0 Å². The molecule has 0 aromatic rings. The molecular weight excluding hydrogens is 126 g/mol. The monoisotopic (exact) mass is 133 g/mol. The number of hydrogen-bond donors (Lipinski definition) is 0. The Kier molecular flexibility index (Phi) is 72.6. The largest absolute Gasteiger partial charge is 1.00 e. The third-order valence-corrected chi connectivity index (χ3v) is 0. The van der Waals surface area contributed by atoms with Crippen LogP contribution in [0.15, 0.2) is 0 Å². The van der Waals surface area contributed by atoms with Crippen molar-refractivity contribution in [1.82, 2.24) is 0 Å². The van der Waals surface area contributed by atoms with Gasteiger partial charge in [0.1, 0.15) is 0 Å². The first-order valence-electron chi connectivity index (χ1n) is 1.15. The van der Waals surface area contributed by atoms with Crippen molar-refractivity contribution in [2.24, 2.45) is 0 Å². The molecule has 2 radical (unpaired) electrons. The fourth-order valence-electron chi connectivity index (χ4n) is 0. The van der Waals surface area contributed by atoms with Gasteiger partial charge < -0.3 is 12.4 Å². The van der Waals surface area contributed by atoms with Gasteiger partial charge in [0.2, 0.25) is 0 Å². The molecule has 0 saturated carbocycles. The van der Waals surface area contributed by atoms with Crippen LogP contribution >= 0.6 is 0 Å². The summed E-state index contributed by atoms with van der Waals surface area (Å²) in [4.78, 5) is 0. The Labute approximate surface area is 50.2 Å². The van der Waals surface area contributed by atoms with Crippen LogP contribution in [0.2, 0.25) is 0 Å². The molecule has 0 N–H and O–H groups in total. The second kappa shape index (κ2) is 21.3. The summed E-state index contributed by atoms with van der Waals surface area (Å²) >= 11 is 0. The normalized spacial score (nSPS) is 3.60. The summed E-state index contributed by atoms with van der Waals surface area (Å²) in [6.45, 7) is 4.00. The van der Waals surface area contributed by atoms with E-state index in [4.69, 9.17) is 0 Å². The molecule has 0 aliphatic carbocycles. The molecule has 0 aromatic carbocycles. The van der Waals surface area contributed by atoms with Crippen molar-refractivity contribution >= 4 is 0 Å². The van der Waals surface area contributed by atoms with Crippen LogP contribution in [0.4, 0.5) is 0 Å². The molecule has 0 aliphatic rings. The van der Waals surface area contributed by atoms with Gasteiger partial charge in [-0.1, -0.05) is 13.8 Å². The summed E-state index contributed by atoms with van der Waals surface area (Å²) in [5, 5.41) is 0. The zero-order valence-corrected chi connectivity index (χ0v) is 5.27. The Hall–Kier alpha value is 0.809. The van der Waals surface area contributed by atoms with Crippen LogP contribution in [0.1, 0.15) is 13.8 Å². The Morgan fingerprint density at radius 3 is 1.20 bits per heavy atom. The van der Waals surface area contributed by atoms with E-state index < -0.39 is 0 Å². The summed E-state index contributed by atoms with van der Waals surface area (Å²) in [6.07, 6.45) is 2.00. The van der Waals surface area contributed by atoms with Crippen LogP contribution in [-0.2, 0) is 17.1 Å². The van der Waals surface area contributed by atoms with Crippen LogP contribution in [0, 0.1) is 6.42 Å². The van der Waals surface area contributed by atoms with Gasteiger partial charge in [-0.15, -0.1) is 0 Å². The van der Waals surface area contributed by atoms with E-state index in [1.807, 2.05) is 20.3 Å². The van der Waals surface area contributed by atoms with E-state index in [1.54, 1.807) is 0 Å². The van der Waals surface area contributed by atoms with E-state index >= 15 is 0 Å². The predicted molar refractivity (Wildman–Crippen MR) is 15.6 cm³/mol. The summed E-state index contributed by atoms with van der Waals surface area (Å²) in [5.41, 5.74) is 0. The van der Waals surface area contributed by atoms with E-state index in [0.717, 1.165) is 0 Å². The van der Waals surface area contributed by atoms with Crippen molar-refractivity contribution < 1.29 is 29.5 Å².